The van der Waals surface area contributed by atoms with Crippen molar-refractivity contribution >= 4 is 17.5 Å². The highest BCUT2D eigenvalue weighted by Gasteiger charge is 2.30. The van der Waals surface area contributed by atoms with E-state index in [2.05, 4.69) is 10.3 Å². The average Bonchev–Trinajstić information content (AvgIpc) is 2.15. The third kappa shape index (κ3) is 2.90. The number of hydrogen-bond donors (Lipinski definition) is 2. The molecule has 1 rings (SSSR count). The smallest absolute Gasteiger partial charge is 0.328 e. The number of aliphatic carboxylic acids is 1. The van der Waals surface area contributed by atoms with Crippen LogP contribution in [0.4, 0.5) is 11.5 Å². The van der Waals surface area contributed by atoms with Crippen molar-refractivity contribution in [1.82, 2.24) is 4.98 Å². The van der Waals surface area contributed by atoms with Crippen molar-refractivity contribution < 1.29 is 14.8 Å². The molecule has 0 aliphatic heterocycles. The zero-order chi connectivity index (χ0) is 13.2. The van der Waals surface area contributed by atoms with Gasteiger partial charge in [0.25, 0.3) is 0 Å². The number of nitrogens with zero attached hydrogens (tertiary/aromatic N) is 2. The molecule has 0 radical (unpaired) electrons. The predicted molar refractivity (Wildman–Crippen MR) is 61.0 cm³/mol. The number of aromatic nitrogens is 1. The van der Waals surface area contributed by atoms with Crippen molar-refractivity contribution in [2.75, 3.05) is 5.32 Å². The van der Waals surface area contributed by atoms with Crippen LogP contribution in [-0.2, 0) is 4.79 Å². The molecule has 0 fully saturated rings. The molecule has 92 valence electrons. The molecule has 0 atom stereocenters. The fourth-order valence-corrected chi connectivity index (χ4v) is 1.14. The van der Waals surface area contributed by atoms with Crippen molar-refractivity contribution in [3.05, 3.63) is 27.9 Å². The van der Waals surface area contributed by atoms with E-state index >= 15 is 0 Å². The summed E-state index contributed by atoms with van der Waals surface area (Å²) in [5.74, 6) is -1.16. The summed E-state index contributed by atoms with van der Waals surface area (Å²) in [6.45, 7) is 4.48. The minimum atomic E-state index is -1.33. The van der Waals surface area contributed by atoms with Crippen molar-refractivity contribution in [2.45, 2.75) is 26.3 Å². The van der Waals surface area contributed by atoms with E-state index in [1.807, 2.05) is 0 Å². The lowest BCUT2D eigenvalue weighted by Crippen LogP contribution is -2.40. The van der Waals surface area contributed by atoms with Crippen molar-refractivity contribution in [1.29, 1.82) is 0 Å². The van der Waals surface area contributed by atoms with E-state index < -0.39 is 16.4 Å². The van der Waals surface area contributed by atoms with Gasteiger partial charge in [-0.15, -0.1) is 0 Å². The summed E-state index contributed by atoms with van der Waals surface area (Å²) in [6.07, 6.45) is 0. The molecular weight excluding hydrogens is 226 g/mol. The molecule has 1 heterocycles. The first kappa shape index (κ1) is 12.9. The Labute approximate surface area is 97.6 Å². The molecule has 0 aromatic carbocycles. The van der Waals surface area contributed by atoms with E-state index in [-0.39, 0.29) is 11.5 Å². The Morgan fingerprint density at radius 3 is 2.59 bits per heavy atom. The van der Waals surface area contributed by atoms with E-state index in [0.717, 1.165) is 0 Å². The van der Waals surface area contributed by atoms with E-state index in [9.17, 15) is 14.9 Å². The quantitative estimate of drug-likeness (QED) is 0.610. The highest BCUT2D eigenvalue weighted by atomic mass is 16.6. The monoisotopic (exact) mass is 239 g/mol. The van der Waals surface area contributed by atoms with E-state index in [4.69, 9.17) is 5.11 Å². The summed E-state index contributed by atoms with van der Waals surface area (Å²) in [4.78, 5) is 25.0. The number of aryl methyl sites for hydroxylation is 1. The number of anilines is 1. The molecule has 1 aromatic rings. The highest BCUT2D eigenvalue weighted by Crippen LogP contribution is 2.25. The number of rotatable bonds is 4. The molecule has 0 bridgehead atoms. The van der Waals surface area contributed by atoms with Gasteiger partial charge in [-0.1, -0.05) is 0 Å². The maximum Gasteiger partial charge on any atom is 0.328 e. The molecule has 0 spiro atoms. The molecule has 0 unspecified atom stereocenters. The van der Waals surface area contributed by atoms with Crippen molar-refractivity contribution in [3.63, 3.8) is 0 Å². The molecule has 7 nitrogen and oxygen atoms in total. The maximum atomic E-state index is 10.9. The Morgan fingerprint density at radius 2 is 2.12 bits per heavy atom. The topological polar surface area (TPSA) is 105 Å². The number of carbonyl (C=O) groups is 1. The largest absolute Gasteiger partial charge is 0.480 e. The maximum absolute atomic E-state index is 10.9. The van der Waals surface area contributed by atoms with Crippen molar-refractivity contribution in [3.8, 4) is 0 Å². The third-order valence-electron chi connectivity index (χ3n) is 2.18. The standard InChI is InChI=1S/C10H13N3O4/c1-6-4-5-7(13(16)17)8(11-6)12-10(2,3)9(14)15/h4-5H,1-3H3,(H,11,12)(H,14,15). The Kier molecular flexibility index (Phi) is 3.31. The van der Waals surface area contributed by atoms with Crippen LogP contribution in [0.3, 0.4) is 0 Å². The number of nitrogens with one attached hydrogen (secondary N) is 1. The zero-order valence-electron chi connectivity index (χ0n) is 9.72. The van der Waals surface area contributed by atoms with Gasteiger partial charge in [0.1, 0.15) is 5.54 Å². The Hall–Kier alpha value is -2.18. The Balaban J connectivity index is 3.17. The van der Waals surface area contributed by atoms with Crippen LogP contribution < -0.4 is 5.32 Å². The predicted octanol–water partition coefficient (Wildman–Crippen LogP) is 1.57. The highest BCUT2D eigenvalue weighted by molar-refractivity contribution is 5.82. The number of carboxylic acids is 1. The number of nitro groups is 1. The second-order valence-electron chi connectivity index (χ2n) is 4.13. The first-order valence-electron chi connectivity index (χ1n) is 4.87. The van der Waals surface area contributed by atoms with Crippen LogP contribution in [0.2, 0.25) is 0 Å². The summed E-state index contributed by atoms with van der Waals surface area (Å²) in [5, 5.41) is 22.3. The Morgan fingerprint density at radius 1 is 1.53 bits per heavy atom. The van der Waals surface area contributed by atoms with Crippen LogP contribution in [0.15, 0.2) is 12.1 Å². The van der Waals surface area contributed by atoms with Gasteiger partial charge in [0, 0.05) is 11.8 Å². The van der Waals surface area contributed by atoms with Crippen LogP contribution in [0, 0.1) is 17.0 Å². The zero-order valence-corrected chi connectivity index (χ0v) is 9.72. The molecule has 0 saturated heterocycles. The average molecular weight is 239 g/mol. The van der Waals surface area contributed by atoms with E-state index in [1.165, 1.54) is 26.0 Å². The summed E-state index contributed by atoms with van der Waals surface area (Å²) in [6, 6.07) is 2.79. The molecule has 0 amide bonds. The lowest BCUT2D eigenvalue weighted by atomic mass is 10.1. The second-order valence-corrected chi connectivity index (χ2v) is 4.13. The summed E-state index contributed by atoms with van der Waals surface area (Å²) < 4.78 is 0. The van der Waals surface area contributed by atoms with E-state index in [1.54, 1.807) is 6.92 Å². The molecule has 0 saturated carbocycles. The van der Waals surface area contributed by atoms with Crippen LogP contribution >= 0.6 is 0 Å². The van der Waals surface area contributed by atoms with Gasteiger partial charge >= 0.3 is 11.7 Å². The van der Waals surface area contributed by atoms with Gasteiger partial charge in [0.05, 0.1) is 4.92 Å². The third-order valence-corrected chi connectivity index (χ3v) is 2.18. The fraction of sp³-hybridized carbons (Fsp3) is 0.400. The molecule has 1 aromatic heterocycles. The summed E-state index contributed by atoms with van der Waals surface area (Å²) >= 11 is 0. The van der Waals surface area contributed by atoms with Gasteiger partial charge in [0.15, 0.2) is 0 Å². The lowest BCUT2D eigenvalue weighted by molar-refractivity contribution is -0.384. The SMILES string of the molecule is Cc1ccc([N+](=O)[O-])c(NC(C)(C)C(=O)O)n1. The molecule has 0 aliphatic rings. The molecule has 7 heteroatoms. The minimum Gasteiger partial charge on any atom is -0.480 e. The van der Waals surface area contributed by atoms with Gasteiger partial charge in [-0.3, -0.25) is 10.1 Å². The number of pyridine rings is 1. The van der Waals surface area contributed by atoms with Gasteiger partial charge in [-0.2, -0.15) is 0 Å². The first-order valence-corrected chi connectivity index (χ1v) is 4.87. The van der Waals surface area contributed by atoms with Gasteiger partial charge < -0.3 is 10.4 Å². The normalized spacial score (nSPS) is 11.0. The van der Waals surface area contributed by atoms with Crippen LogP contribution in [0.1, 0.15) is 19.5 Å². The van der Waals surface area contributed by atoms with Crippen LogP contribution in [0.25, 0.3) is 0 Å². The van der Waals surface area contributed by atoms with Crippen molar-refractivity contribution in [2.24, 2.45) is 0 Å². The summed E-state index contributed by atoms with van der Waals surface area (Å²) in [7, 11) is 0. The minimum absolute atomic E-state index is 0.0394. The second kappa shape index (κ2) is 4.36. The molecule has 17 heavy (non-hydrogen) atoms. The fourth-order valence-electron chi connectivity index (χ4n) is 1.14. The van der Waals surface area contributed by atoms with Gasteiger partial charge in [-0.05, 0) is 26.8 Å². The lowest BCUT2D eigenvalue weighted by Gasteiger charge is -2.21. The first-order chi connectivity index (χ1) is 7.74. The van der Waals surface area contributed by atoms with Gasteiger partial charge in [0.2, 0.25) is 5.82 Å². The summed E-state index contributed by atoms with van der Waals surface area (Å²) in [5.41, 5.74) is -1.00. The molecular formula is C10H13N3O4. The van der Waals surface area contributed by atoms with Gasteiger partial charge in [-0.25, -0.2) is 9.78 Å². The Bertz CT molecular complexity index is 471. The molecule has 0 aliphatic carbocycles. The number of carboxylic acid groups (broad SMARTS) is 1. The number of hydrogen-bond acceptors (Lipinski definition) is 5. The van der Waals surface area contributed by atoms with E-state index in [0.29, 0.717) is 5.69 Å². The van der Waals surface area contributed by atoms with Crippen LogP contribution in [-0.4, -0.2) is 26.5 Å². The van der Waals surface area contributed by atoms with Crippen LogP contribution in [0.5, 0.6) is 0 Å². The molecule has 2 N–H and O–H groups in total.